The lowest BCUT2D eigenvalue weighted by atomic mass is 10.2. The van der Waals surface area contributed by atoms with E-state index in [9.17, 15) is 4.79 Å². The SMILES string of the molecule is Cc1cccc(N2CCN(C(=O)c3cnc(N4CCCC4)cn3)CC2)c1. The number of hydrogen-bond acceptors (Lipinski definition) is 5. The molecule has 1 amide bonds. The minimum Gasteiger partial charge on any atom is -0.368 e. The van der Waals surface area contributed by atoms with Crippen molar-refractivity contribution < 1.29 is 4.79 Å². The molecule has 0 saturated carbocycles. The molecule has 6 nitrogen and oxygen atoms in total. The van der Waals surface area contributed by atoms with Gasteiger partial charge in [-0.05, 0) is 37.5 Å². The molecule has 1 aromatic carbocycles. The smallest absolute Gasteiger partial charge is 0.274 e. The van der Waals surface area contributed by atoms with E-state index in [0.29, 0.717) is 18.8 Å². The molecule has 0 spiro atoms. The second kappa shape index (κ2) is 7.32. The molecule has 0 bridgehead atoms. The van der Waals surface area contributed by atoms with E-state index < -0.39 is 0 Å². The molecule has 2 aliphatic heterocycles. The van der Waals surface area contributed by atoms with Crippen LogP contribution in [0.15, 0.2) is 36.7 Å². The lowest BCUT2D eigenvalue weighted by molar-refractivity contribution is 0.0740. The summed E-state index contributed by atoms with van der Waals surface area (Å²) in [6, 6.07) is 8.51. The molecule has 0 radical (unpaired) electrons. The third-order valence-electron chi connectivity index (χ3n) is 5.22. The van der Waals surface area contributed by atoms with Gasteiger partial charge in [0.2, 0.25) is 0 Å². The molecule has 0 atom stereocenters. The van der Waals surface area contributed by atoms with Crippen LogP contribution in [0.25, 0.3) is 0 Å². The normalized spacial score (nSPS) is 17.7. The quantitative estimate of drug-likeness (QED) is 0.850. The predicted molar refractivity (Wildman–Crippen MR) is 103 cm³/mol. The highest BCUT2D eigenvalue weighted by atomic mass is 16.2. The Bertz CT molecular complexity index is 762. The number of carbonyl (C=O) groups excluding carboxylic acids is 1. The van der Waals surface area contributed by atoms with E-state index in [1.165, 1.54) is 24.1 Å². The lowest BCUT2D eigenvalue weighted by Crippen LogP contribution is -2.49. The standard InChI is InChI=1S/C20H25N5O/c1-16-5-4-6-17(13-16)23-9-11-25(12-10-23)20(26)18-14-22-19(15-21-18)24-7-2-3-8-24/h4-6,13-15H,2-3,7-12H2,1H3. The van der Waals surface area contributed by atoms with E-state index >= 15 is 0 Å². The summed E-state index contributed by atoms with van der Waals surface area (Å²) in [5.74, 6) is 0.859. The highest BCUT2D eigenvalue weighted by molar-refractivity contribution is 5.92. The van der Waals surface area contributed by atoms with Crippen LogP contribution < -0.4 is 9.80 Å². The summed E-state index contributed by atoms with van der Waals surface area (Å²) in [6.45, 7) is 7.27. The van der Waals surface area contributed by atoms with Crippen LogP contribution in [0.5, 0.6) is 0 Å². The maximum atomic E-state index is 12.7. The summed E-state index contributed by atoms with van der Waals surface area (Å²) in [5.41, 5.74) is 2.93. The summed E-state index contributed by atoms with van der Waals surface area (Å²) in [6.07, 6.45) is 5.77. The van der Waals surface area contributed by atoms with Crippen molar-refractivity contribution >= 4 is 17.4 Å². The number of aryl methyl sites for hydroxylation is 1. The topological polar surface area (TPSA) is 52.6 Å². The Labute approximate surface area is 154 Å². The van der Waals surface area contributed by atoms with Crippen molar-refractivity contribution in [3.63, 3.8) is 0 Å². The number of benzene rings is 1. The van der Waals surface area contributed by atoms with Gasteiger partial charge in [0.15, 0.2) is 0 Å². The van der Waals surface area contributed by atoms with Gasteiger partial charge in [0.1, 0.15) is 11.5 Å². The molecule has 2 aliphatic rings. The molecule has 136 valence electrons. The van der Waals surface area contributed by atoms with Crippen molar-refractivity contribution in [2.45, 2.75) is 19.8 Å². The average Bonchev–Trinajstić information content (AvgIpc) is 3.23. The maximum Gasteiger partial charge on any atom is 0.274 e. The van der Waals surface area contributed by atoms with Crippen LogP contribution in [0, 0.1) is 6.92 Å². The van der Waals surface area contributed by atoms with Gasteiger partial charge in [-0.2, -0.15) is 0 Å². The summed E-state index contributed by atoms with van der Waals surface area (Å²) >= 11 is 0. The highest BCUT2D eigenvalue weighted by Crippen LogP contribution is 2.19. The van der Waals surface area contributed by atoms with Gasteiger partial charge in [0.25, 0.3) is 5.91 Å². The van der Waals surface area contributed by atoms with E-state index in [-0.39, 0.29) is 5.91 Å². The van der Waals surface area contributed by atoms with Crippen molar-refractivity contribution in [2.24, 2.45) is 0 Å². The Morgan fingerprint density at radius 3 is 2.35 bits per heavy atom. The second-order valence-electron chi connectivity index (χ2n) is 7.07. The van der Waals surface area contributed by atoms with Crippen LogP contribution in [-0.4, -0.2) is 60.0 Å². The van der Waals surface area contributed by atoms with Gasteiger partial charge in [-0.15, -0.1) is 0 Å². The molecular weight excluding hydrogens is 326 g/mol. The molecule has 4 rings (SSSR count). The van der Waals surface area contributed by atoms with E-state index in [1.54, 1.807) is 12.4 Å². The first kappa shape index (κ1) is 16.8. The van der Waals surface area contributed by atoms with Crippen molar-refractivity contribution in [1.82, 2.24) is 14.9 Å². The predicted octanol–water partition coefficient (Wildman–Crippen LogP) is 2.35. The average molecular weight is 351 g/mol. The van der Waals surface area contributed by atoms with Crippen LogP contribution in [0.3, 0.4) is 0 Å². The fourth-order valence-corrected chi connectivity index (χ4v) is 3.70. The summed E-state index contributed by atoms with van der Waals surface area (Å²) in [7, 11) is 0. The molecule has 0 aliphatic carbocycles. The molecule has 0 unspecified atom stereocenters. The number of anilines is 2. The van der Waals surface area contributed by atoms with Crippen molar-refractivity contribution in [3.05, 3.63) is 47.9 Å². The third kappa shape index (κ3) is 3.49. The molecule has 3 heterocycles. The molecule has 0 N–H and O–H groups in total. The molecule has 2 saturated heterocycles. The van der Waals surface area contributed by atoms with Gasteiger partial charge in [0.05, 0.1) is 12.4 Å². The van der Waals surface area contributed by atoms with Gasteiger partial charge < -0.3 is 14.7 Å². The minimum absolute atomic E-state index is 0.0191. The number of aromatic nitrogens is 2. The summed E-state index contributed by atoms with van der Waals surface area (Å²) < 4.78 is 0. The van der Waals surface area contributed by atoms with Crippen molar-refractivity contribution in [3.8, 4) is 0 Å². The van der Waals surface area contributed by atoms with Crippen LogP contribution in [0.2, 0.25) is 0 Å². The first-order valence-electron chi connectivity index (χ1n) is 9.38. The van der Waals surface area contributed by atoms with Crippen LogP contribution in [-0.2, 0) is 0 Å². The van der Waals surface area contributed by atoms with Gasteiger partial charge in [0, 0.05) is 45.0 Å². The zero-order chi connectivity index (χ0) is 17.9. The number of hydrogen-bond donors (Lipinski definition) is 0. The Hall–Kier alpha value is -2.63. The lowest BCUT2D eigenvalue weighted by Gasteiger charge is -2.36. The molecule has 2 aromatic rings. The highest BCUT2D eigenvalue weighted by Gasteiger charge is 2.24. The molecule has 2 fully saturated rings. The number of carbonyl (C=O) groups is 1. The summed E-state index contributed by atoms with van der Waals surface area (Å²) in [5, 5.41) is 0. The minimum atomic E-state index is -0.0191. The van der Waals surface area contributed by atoms with E-state index in [1.807, 2.05) is 4.90 Å². The zero-order valence-corrected chi connectivity index (χ0v) is 15.3. The van der Waals surface area contributed by atoms with Gasteiger partial charge in [-0.3, -0.25) is 4.79 Å². The van der Waals surface area contributed by atoms with Gasteiger partial charge in [-0.25, -0.2) is 9.97 Å². The first-order valence-corrected chi connectivity index (χ1v) is 9.38. The van der Waals surface area contributed by atoms with Crippen LogP contribution >= 0.6 is 0 Å². The second-order valence-corrected chi connectivity index (χ2v) is 7.07. The van der Waals surface area contributed by atoms with Crippen molar-refractivity contribution in [2.75, 3.05) is 49.1 Å². The number of rotatable bonds is 3. The largest absolute Gasteiger partial charge is 0.368 e. The molecule has 26 heavy (non-hydrogen) atoms. The van der Waals surface area contributed by atoms with Crippen LogP contribution in [0.4, 0.5) is 11.5 Å². The first-order chi connectivity index (χ1) is 12.7. The molecular formula is C20H25N5O. The zero-order valence-electron chi connectivity index (χ0n) is 15.3. The number of piperazine rings is 1. The fourth-order valence-electron chi connectivity index (χ4n) is 3.70. The van der Waals surface area contributed by atoms with Gasteiger partial charge >= 0.3 is 0 Å². The third-order valence-corrected chi connectivity index (χ3v) is 5.22. The Morgan fingerprint density at radius 2 is 1.69 bits per heavy atom. The monoisotopic (exact) mass is 351 g/mol. The molecule has 6 heteroatoms. The Morgan fingerprint density at radius 1 is 0.923 bits per heavy atom. The summed E-state index contributed by atoms with van der Waals surface area (Å²) in [4.78, 5) is 28.0. The number of amides is 1. The van der Waals surface area contributed by atoms with Crippen molar-refractivity contribution in [1.29, 1.82) is 0 Å². The Balaban J connectivity index is 1.37. The number of nitrogens with zero attached hydrogens (tertiary/aromatic N) is 5. The maximum absolute atomic E-state index is 12.7. The fraction of sp³-hybridized carbons (Fsp3) is 0.450. The van der Waals surface area contributed by atoms with E-state index in [2.05, 4.69) is 51.0 Å². The van der Waals surface area contributed by atoms with Crippen LogP contribution in [0.1, 0.15) is 28.9 Å². The Kier molecular flexibility index (Phi) is 4.73. The van der Waals surface area contributed by atoms with E-state index in [4.69, 9.17) is 0 Å². The van der Waals surface area contributed by atoms with E-state index in [0.717, 1.165) is 32.0 Å². The van der Waals surface area contributed by atoms with Gasteiger partial charge in [-0.1, -0.05) is 12.1 Å². The molecule has 1 aromatic heterocycles.